The van der Waals surface area contributed by atoms with Crippen molar-refractivity contribution in [3.63, 3.8) is 0 Å². The predicted molar refractivity (Wildman–Crippen MR) is 123 cm³/mol. The number of carbonyl (C=O) groups is 3. The van der Waals surface area contributed by atoms with Crippen LogP contribution >= 0.6 is 0 Å². The Bertz CT molecular complexity index is 1300. The topological polar surface area (TPSA) is 63.7 Å². The number of anilines is 1. The third-order valence-electron chi connectivity index (χ3n) is 7.90. The fraction of sp³-hybridized carbons (Fsp3) is 0.250. The molecule has 0 unspecified atom stereocenters. The molecule has 2 bridgehead atoms. The van der Waals surface area contributed by atoms with Crippen molar-refractivity contribution in [2.24, 2.45) is 11.8 Å². The van der Waals surface area contributed by atoms with Crippen molar-refractivity contribution in [3.05, 3.63) is 101 Å². The van der Waals surface area contributed by atoms with E-state index in [1.807, 2.05) is 24.3 Å². The summed E-state index contributed by atoms with van der Waals surface area (Å²) in [5.41, 5.74) is 4.46. The van der Waals surface area contributed by atoms with Gasteiger partial charge in [-0.3, -0.25) is 9.59 Å². The van der Waals surface area contributed by atoms with Gasteiger partial charge < -0.3 is 4.74 Å². The minimum absolute atomic E-state index is 0.192. The maximum atomic E-state index is 14.1. The molecule has 164 valence electrons. The van der Waals surface area contributed by atoms with Crippen molar-refractivity contribution in [1.29, 1.82) is 0 Å². The average molecular weight is 437 g/mol. The summed E-state index contributed by atoms with van der Waals surface area (Å²) in [6, 6.07) is 23.1. The number of nitrogens with zero attached hydrogens (tertiary/aromatic N) is 1. The highest BCUT2D eigenvalue weighted by Crippen LogP contribution is 2.65. The van der Waals surface area contributed by atoms with Crippen LogP contribution in [0, 0.1) is 11.8 Å². The summed E-state index contributed by atoms with van der Waals surface area (Å²) >= 11 is 0. The monoisotopic (exact) mass is 437 g/mol. The zero-order valence-electron chi connectivity index (χ0n) is 18.4. The summed E-state index contributed by atoms with van der Waals surface area (Å²) in [4.78, 5) is 41.9. The van der Waals surface area contributed by atoms with Crippen LogP contribution in [0.4, 0.5) is 5.69 Å². The average Bonchev–Trinajstić information content (AvgIpc) is 3.14. The standard InChI is InChI=1S/C28H23NO4/c1-3-28-19-13-7-4-10-16(19)22(17-11-5-8-14-20(17)28)23-24(28)26(31)29(25(23)30)21-15-9-6-12-18(21)27(32)33-2/h4-15,22-24H,3H2,1-2H3/t22?,23-,24-,28?/m0/s1. The van der Waals surface area contributed by atoms with Gasteiger partial charge in [-0.25, -0.2) is 9.69 Å². The second kappa shape index (κ2) is 6.88. The lowest BCUT2D eigenvalue weighted by Gasteiger charge is -2.54. The van der Waals surface area contributed by atoms with Gasteiger partial charge >= 0.3 is 5.97 Å². The molecule has 7 rings (SSSR count). The molecule has 3 aromatic rings. The van der Waals surface area contributed by atoms with E-state index in [0.29, 0.717) is 12.1 Å². The van der Waals surface area contributed by atoms with Gasteiger partial charge in [0.25, 0.3) is 0 Å². The SMILES string of the molecule is CCC12c3ccccc3C(c3ccccc31)[C@@H]1C(=O)N(c3ccccc3C(=O)OC)C(=O)[C@H]12. The van der Waals surface area contributed by atoms with Crippen molar-refractivity contribution < 1.29 is 19.1 Å². The molecule has 1 heterocycles. The summed E-state index contributed by atoms with van der Waals surface area (Å²) < 4.78 is 4.93. The van der Waals surface area contributed by atoms with E-state index in [2.05, 4.69) is 31.2 Å². The molecule has 1 saturated heterocycles. The molecule has 3 aromatic carbocycles. The molecule has 2 amide bonds. The number of amides is 2. The first kappa shape index (κ1) is 19.9. The minimum atomic E-state index is -0.589. The Kier molecular flexibility index (Phi) is 4.15. The highest BCUT2D eigenvalue weighted by molar-refractivity contribution is 6.25. The normalized spacial score (nSPS) is 26.6. The van der Waals surface area contributed by atoms with Crippen LogP contribution in [0.2, 0.25) is 0 Å². The van der Waals surface area contributed by atoms with Crippen molar-refractivity contribution >= 4 is 23.5 Å². The molecule has 0 spiro atoms. The largest absolute Gasteiger partial charge is 0.465 e. The zero-order chi connectivity index (χ0) is 22.9. The molecule has 0 saturated carbocycles. The van der Waals surface area contributed by atoms with Crippen molar-refractivity contribution in [2.75, 3.05) is 12.0 Å². The summed E-state index contributed by atoms with van der Waals surface area (Å²) in [7, 11) is 1.30. The van der Waals surface area contributed by atoms with E-state index in [1.165, 1.54) is 12.0 Å². The summed E-state index contributed by atoms with van der Waals surface area (Å²) in [6.07, 6.45) is 0.695. The van der Waals surface area contributed by atoms with E-state index in [-0.39, 0.29) is 23.3 Å². The molecule has 4 aliphatic rings. The van der Waals surface area contributed by atoms with Gasteiger partial charge in [-0.2, -0.15) is 0 Å². The molecular formula is C28H23NO4. The van der Waals surface area contributed by atoms with E-state index >= 15 is 0 Å². The predicted octanol–water partition coefficient (Wildman–Crippen LogP) is 4.43. The molecule has 0 N–H and O–H groups in total. The Hall–Kier alpha value is -3.73. The Morgan fingerprint density at radius 2 is 1.45 bits per heavy atom. The van der Waals surface area contributed by atoms with E-state index in [0.717, 1.165) is 22.3 Å². The number of methoxy groups -OCH3 is 1. The van der Waals surface area contributed by atoms with Crippen molar-refractivity contribution in [1.82, 2.24) is 0 Å². The third kappa shape index (κ3) is 2.29. The maximum absolute atomic E-state index is 14.1. The summed E-state index contributed by atoms with van der Waals surface area (Å²) in [5.74, 6) is -2.27. The number of para-hydroxylation sites is 1. The Morgan fingerprint density at radius 3 is 2.06 bits per heavy atom. The Labute approximate surface area is 192 Å². The highest BCUT2D eigenvalue weighted by Gasteiger charge is 2.67. The van der Waals surface area contributed by atoms with Crippen LogP contribution in [0.25, 0.3) is 0 Å². The lowest BCUT2D eigenvalue weighted by Crippen LogP contribution is -2.53. The fourth-order valence-corrected chi connectivity index (χ4v) is 6.72. The van der Waals surface area contributed by atoms with Crippen LogP contribution in [0.5, 0.6) is 0 Å². The van der Waals surface area contributed by atoms with Gasteiger partial charge in [-0.1, -0.05) is 67.6 Å². The number of imide groups is 1. The van der Waals surface area contributed by atoms with Gasteiger partial charge in [-0.15, -0.1) is 0 Å². The maximum Gasteiger partial charge on any atom is 0.339 e. The van der Waals surface area contributed by atoms with Gasteiger partial charge in [0, 0.05) is 11.3 Å². The second-order valence-corrected chi connectivity index (χ2v) is 9.00. The van der Waals surface area contributed by atoms with Gasteiger partial charge in [0.15, 0.2) is 0 Å². The van der Waals surface area contributed by atoms with Gasteiger partial charge in [0.05, 0.1) is 30.2 Å². The fourth-order valence-electron chi connectivity index (χ4n) is 6.72. The number of esters is 1. The molecule has 2 atom stereocenters. The van der Waals surface area contributed by atoms with E-state index in [4.69, 9.17) is 4.74 Å². The number of benzene rings is 3. The van der Waals surface area contributed by atoms with Gasteiger partial charge in [-0.05, 0) is 40.8 Å². The van der Waals surface area contributed by atoms with Gasteiger partial charge in [0.2, 0.25) is 11.8 Å². The minimum Gasteiger partial charge on any atom is -0.465 e. The number of carbonyl (C=O) groups excluding carboxylic acids is 3. The Morgan fingerprint density at radius 1 is 0.879 bits per heavy atom. The molecular weight excluding hydrogens is 414 g/mol. The second-order valence-electron chi connectivity index (χ2n) is 9.00. The quantitative estimate of drug-likeness (QED) is 0.449. The van der Waals surface area contributed by atoms with Crippen LogP contribution in [0.15, 0.2) is 72.8 Å². The first-order valence-corrected chi connectivity index (χ1v) is 11.3. The van der Waals surface area contributed by atoms with E-state index < -0.39 is 23.2 Å². The van der Waals surface area contributed by atoms with Crippen LogP contribution < -0.4 is 4.90 Å². The molecule has 3 aliphatic carbocycles. The molecule has 1 aliphatic heterocycles. The zero-order valence-corrected chi connectivity index (χ0v) is 18.4. The van der Waals surface area contributed by atoms with Crippen molar-refractivity contribution in [2.45, 2.75) is 24.7 Å². The molecule has 33 heavy (non-hydrogen) atoms. The van der Waals surface area contributed by atoms with Crippen LogP contribution in [-0.2, 0) is 19.7 Å². The summed E-state index contributed by atoms with van der Waals surface area (Å²) in [6.45, 7) is 2.10. The first-order chi connectivity index (χ1) is 16.1. The van der Waals surface area contributed by atoms with E-state index in [9.17, 15) is 14.4 Å². The Balaban J connectivity index is 1.62. The molecule has 1 fully saturated rings. The lowest BCUT2D eigenvalue weighted by molar-refractivity contribution is -0.123. The summed E-state index contributed by atoms with van der Waals surface area (Å²) in [5, 5.41) is 0. The van der Waals surface area contributed by atoms with E-state index in [1.54, 1.807) is 24.3 Å². The lowest BCUT2D eigenvalue weighted by atomic mass is 9.46. The van der Waals surface area contributed by atoms with Crippen LogP contribution in [0.1, 0.15) is 51.9 Å². The molecule has 5 nitrogen and oxygen atoms in total. The van der Waals surface area contributed by atoms with Crippen LogP contribution in [0.3, 0.4) is 0 Å². The highest BCUT2D eigenvalue weighted by atomic mass is 16.5. The number of rotatable bonds is 3. The van der Waals surface area contributed by atoms with Crippen LogP contribution in [-0.4, -0.2) is 24.9 Å². The molecule has 0 radical (unpaired) electrons. The molecule has 5 heteroatoms. The number of ether oxygens (including phenoxy) is 1. The number of hydrogen-bond acceptors (Lipinski definition) is 4. The third-order valence-corrected chi connectivity index (χ3v) is 7.90. The van der Waals surface area contributed by atoms with Gasteiger partial charge in [0.1, 0.15) is 0 Å². The first-order valence-electron chi connectivity index (χ1n) is 11.3. The number of hydrogen-bond donors (Lipinski definition) is 0. The molecule has 0 aromatic heterocycles. The van der Waals surface area contributed by atoms with Crippen molar-refractivity contribution in [3.8, 4) is 0 Å². The smallest absolute Gasteiger partial charge is 0.339 e.